The third-order valence-electron chi connectivity index (χ3n) is 3.48. The van der Waals surface area contributed by atoms with Gasteiger partial charge in [0.2, 0.25) is 0 Å². The van der Waals surface area contributed by atoms with Crippen molar-refractivity contribution in [1.82, 2.24) is 4.98 Å². The molecule has 2 heteroatoms. The van der Waals surface area contributed by atoms with Crippen LogP contribution in [0.2, 0.25) is 0 Å². The topological polar surface area (TPSA) is 15.8 Å². The van der Waals surface area contributed by atoms with Crippen LogP contribution >= 0.6 is 0 Å². The van der Waals surface area contributed by atoms with E-state index in [-0.39, 0.29) is 5.82 Å². The summed E-state index contributed by atoms with van der Waals surface area (Å²) in [4.78, 5) is 3.42. The predicted octanol–water partition coefficient (Wildman–Crippen LogP) is 4.59. The fourth-order valence-electron chi connectivity index (χ4n) is 2.23. The highest BCUT2D eigenvalue weighted by molar-refractivity contribution is 5.88. The molecule has 0 saturated heterocycles. The highest BCUT2D eigenvalue weighted by atomic mass is 19.1. The Kier molecular flexibility index (Phi) is 2.44. The number of benzene rings is 2. The van der Waals surface area contributed by atoms with Crippen molar-refractivity contribution in [3.05, 3.63) is 59.4 Å². The lowest BCUT2D eigenvalue weighted by Gasteiger charge is -2.00. The lowest BCUT2D eigenvalue weighted by atomic mass is 10.1. The summed E-state index contributed by atoms with van der Waals surface area (Å²) >= 11 is 0. The third-order valence-corrected chi connectivity index (χ3v) is 3.48. The number of nitrogens with one attached hydrogen (secondary N) is 1. The van der Waals surface area contributed by atoms with Crippen molar-refractivity contribution in [3.8, 4) is 11.3 Å². The molecule has 0 atom stereocenters. The van der Waals surface area contributed by atoms with Gasteiger partial charge in [-0.3, -0.25) is 0 Å². The monoisotopic (exact) mass is 239 g/mol. The average Bonchev–Trinajstić information content (AvgIpc) is 2.80. The molecular weight excluding hydrogens is 225 g/mol. The van der Waals surface area contributed by atoms with Crippen molar-refractivity contribution in [2.24, 2.45) is 0 Å². The van der Waals surface area contributed by atoms with E-state index < -0.39 is 0 Å². The molecule has 0 radical (unpaired) electrons. The fraction of sp³-hybridized carbons (Fsp3) is 0.125. The van der Waals surface area contributed by atoms with Gasteiger partial charge in [0.05, 0.1) is 0 Å². The predicted molar refractivity (Wildman–Crippen MR) is 73.2 cm³/mol. The molecule has 90 valence electrons. The van der Waals surface area contributed by atoms with Gasteiger partial charge in [-0.1, -0.05) is 12.1 Å². The molecule has 18 heavy (non-hydrogen) atoms. The van der Waals surface area contributed by atoms with E-state index in [0.717, 1.165) is 16.8 Å². The maximum absolute atomic E-state index is 12.9. The molecule has 0 amide bonds. The van der Waals surface area contributed by atoms with Crippen LogP contribution in [0.25, 0.3) is 22.2 Å². The van der Waals surface area contributed by atoms with Crippen LogP contribution in [0.15, 0.2) is 42.5 Å². The quantitative estimate of drug-likeness (QED) is 0.639. The molecule has 1 nitrogen and oxygen atoms in total. The molecule has 1 heterocycles. The molecule has 0 bridgehead atoms. The summed E-state index contributed by atoms with van der Waals surface area (Å²) in [7, 11) is 0. The minimum absolute atomic E-state index is 0.207. The summed E-state index contributed by atoms with van der Waals surface area (Å²) in [6.45, 7) is 4.22. The van der Waals surface area contributed by atoms with Crippen LogP contribution in [0, 0.1) is 19.7 Å². The first kappa shape index (κ1) is 11.0. The molecule has 0 saturated carbocycles. The second-order valence-electron chi connectivity index (χ2n) is 4.66. The first-order valence-electron chi connectivity index (χ1n) is 6.00. The van der Waals surface area contributed by atoms with E-state index in [1.807, 2.05) is 0 Å². The van der Waals surface area contributed by atoms with Gasteiger partial charge in [-0.25, -0.2) is 4.39 Å². The second-order valence-corrected chi connectivity index (χ2v) is 4.66. The zero-order valence-electron chi connectivity index (χ0n) is 10.4. The van der Waals surface area contributed by atoms with Gasteiger partial charge in [0.15, 0.2) is 0 Å². The summed E-state index contributed by atoms with van der Waals surface area (Å²) in [5.74, 6) is -0.207. The zero-order valence-corrected chi connectivity index (χ0v) is 10.4. The van der Waals surface area contributed by atoms with E-state index >= 15 is 0 Å². The SMILES string of the molecule is Cc1ccc2cc(-c3ccc(F)cc3)[nH]c2c1C. The standard InChI is InChI=1S/C16H14FN/c1-10-3-4-13-9-15(18-16(13)11(10)2)12-5-7-14(17)8-6-12/h3-9,18H,1-2H3. The Bertz CT molecular complexity index is 708. The number of fused-ring (bicyclic) bond motifs is 1. The molecule has 0 aliphatic heterocycles. The van der Waals surface area contributed by atoms with Crippen LogP contribution in [0.4, 0.5) is 4.39 Å². The Morgan fingerprint density at radius 2 is 1.67 bits per heavy atom. The van der Waals surface area contributed by atoms with Crippen molar-refractivity contribution < 1.29 is 4.39 Å². The summed E-state index contributed by atoms with van der Waals surface area (Å²) in [5, 5.41) is 1.19. The number of aromatic amines is 1. The number of H-pyrrole nitrogens is 1. The van der Waals surface area contributed by atoms with Gasteiger partial charge in [-0.2, -0.15) is 0 Å². The highest BCUT2D eigenvalue weighted by Crippen LogP contribution is 2.27. The molecule has 0 fully saturated rings. The Morgan fingerprint density at radius 3 is 2.39 bits per heavy atom. The first-order chi connectivity index (χ1) is 8.65. The van der Waals surface area contributed by atoms with Crippen molar-refractivity contribution in [2.45, 2.75) is 13.8 Å². The van der Waals surface area contributed by atoms with Gasteiger partial charge in [-0.05, 0) is 60.9 Å². The van der Waals surface area contributed by atoms with Crippen LogP contribution in [0.1, 0.15) is 11.1 Å². The Balaban J connectivity index is 2.19. The van der Waals surface area contributed by atoms with Crippen molar-refractivity contribution in [1.29, 1.82) is 0 Å². The van der Waals surface area contributed by atoms with Gasteiger partial charge in [-0.15, -0.1) is 0 Å². The molecule has 2 aromatic carbocycles. The number of aromatic nitrogens is 1. The molecule has 0 spiro atoms. The van der Waals surface area contributed by atoms with E-state index in [1.165, 1.54) is 28.6 Å². The molecule has 0 unspecified atom stereocenters. The molecule has 3 aromatic rings. The minimum atomic E-state index is -0.207. The van der Waals surface area contributed by atoms with Crippen LogP contribution in [0.3, 0.4) is 0 Å². The lowest BCUT2D eigenvalue weighted by Crippen LogP contribution is -1.82. The average molecular weight is 239 g/mol. The molecular formula is C16H14FN. The van der Waals surface area contributed by atoms with E-state index in [2.05, 4.69) is 37.0 Å². The Hall–Kier alpha value is -2.09. The Morgan fingerprint density at radius 1 is 0.944 bits per heavy atom. The largest absolute Gasteiger partial charge is 0.354 e. The molecule has 1 aromatic heterocycles. The van der Waals surface area contributed by atoms with Gasteiger partial charge >= 0.3 is 0 Å². The number of hydrogen-bond acceptors (Lipinski definition) is 0. The number of hydrogen-bond donors (Lipinski definition) is 1. The van der Waals surface area contributed by atoms with Crippen LogP contribution in [-0.2, 0) is 0 Å². The fourth-order valence-corrected chi connectivity index (χ4v) is 2.23. The van der Waals surface area contributed by atoms with Crippen LogP contribution < -0.4 is 0 Å². The third kappa shape index (κ3) is 1.70. The second kappa shape index (κ2) is 3.98. The molecule has 0 aliphatic carbocycles. The number of halogens is 1. The molecule has 0 aliphatic rings. The minimum Gasteiger partial charge on any atom is -0.354 e. The van der Waals surface area contributed by atoms with Crippen molar-refractivity contribution >= 4 is 10.9 Å². The van der Waals surface area contributed by atoms with Gasteiger partial charge in [0, 0.05) is 16.6 Å². The molecule has 1 N–H and O–H groups in total. The number of rotatable bonds is 1. The van der Waals surface area contributed by atoms with E-state index in [1.54, 1.807) is 12.1 Å². The zero-order chi connectivity index (χ0) is 12.7. The van der Waals surface area contributed by atoms with Crippen molar-refractivity contribution in [3.63, 3.8) is 0 Å². The van der Waals surface area contributed by atoms with Gasteiger partial charge in [0.25, 0.3) is 0 Å². The van der Waals surface area contributed by atoms with Crippen molar-refractivity contribution in [2.75, 3.05) is 0 Å². The first-order valence-corrected chi connectivity index (χ1v) is 6.00. The summed E-state index contributed by atoms with van der Waals surface area (Å²) in [5.41, 5.74) is 5.73. The smallest absolute Gasteiger partial charge is 0.123 e. The summed E-state index contributed by atoms with van der Waals surface area (Å²) < 4.78 is 12.9. The lowest BCUT2D eigenvalue weighted by molar-refractivity contribution is 0.628. The Labute approximate surface area is 105 Å². The number of aryl methyl sites for hydroxylation is 2. The summed E-state index contributed by atoms with van der Waals surface area (Å²) in [6, 6.07) is 12.9. The van der Waals surface area contributed by atoms with Gasteiger partial charge in [0.1, 0.15) is 5.82 Å². The van der Waals surface area contributed by atoms with E-state index in [0.29, 0.717) is 0 Å². The van der Waals surface area contributed by atoms with Gasteiger partial charge < -0.3 is 4.98 Å². The van der Waals surface area contributed by atoms with Crippen LogP contribution in [-0.4, -0.2) is 4.98 Å². The summed E-state index contributed by atoms with van der Waals surface area (Å²) in [6.07, 6.45) is 0. The highest BCUT2D eigenvalue weighted by Gasteiger charge is 2.06. The molecule has 3 rings (SSSR count). The normalized spacial score (nSPS) is 11.1. The van der Waals surface area contributed by atoms with E-state index in [4.69, 9.17) is 0 Å². The van der Waals surface area contributed by atoms with E-state index in [9.17, 15) is 4.39 Å². The maximum atomic E-state index is 12.9. The van der Waals surface area contributed by atoms with Crippen LogP contribution in [0.5, 0.6) is 0 Å². The maximum Gasteiger partial charge on any atom is 0.123 e.